The number of nitrogen functional groups attached to an aromatic ring is 1. The average molecular weight is 550 g/mol. The van der Waals surface area contributed by atoms with Crippen molar-refractivity contribution in [1.82, 2.24) is 9.55 Å². The standard InChI is InChI=1S/C30H29F2N3O5/c1-19(36)25-26(37)29(31,32)30(40-25,35-18-17-24(33)34-27(35)38)28(20-9-5-3-6-10-20,21-11-7-4-8-12-21)22-13-15-23(39-2)16-14-22/h3-19,25-26,36-37H,1-2H3,(H2,33,34,38)/t19-,25-,26-,30-/m1/s1. The van der Waals surface area contributed by atoms with Crippen molar-refractivity contribution in [1.29, 1.82) is 0 Å². The number of hydrogen-bond donors (Lipinski definition) is 3. The molecule has 4 N–H and O–H groups in total. The molecule has 1 aliphatic heterocycles. The molecule has 5 rings (SSSR count). The molecule has 10 heteroatoms. The van der Waals surface area contributed by atoms with Gasteiger partial charge in [0.1, 0.15) is 17.7 Å². The van der Waals surface area contributed by atoms with E-state index in [0.717, 1.165) is 6.20 Å². The van der Waals surface area contributed by atoms with Crippen molar-refractivity contribution in [2.45, 2.75) is 42.3 Å². The quantitative estimate of drug-likeness (QED) is 0.303. The number of nitrogens with two attached hydrogens (primary N) is 1. The summed E-state index contributed by atoms with van der Waals surface area (Å²) in [6.45, 7) is 1.24. The lowest BCUT2D eigenvalue weighted by Gasteiger charge is -2.51. The smallest absolute Gasteiger partial charge is 0.352 e. The summed E-state index contributed by atoms with van der Waals surface area (Å²) in [6, 6.07) is 24.5. The highest BCUT2D eigenvalue weighted by Crippen LogP contribution is 2.62. The number of aliphatic hydroxyl groups is 2. The molecule has 3 aromatic carbocycles. The van der Waals surface area contributed by atoms with Crippen LogP contribution in [-0.4, -0.2) is 51.1 Å². The number of aromatic nitrogens is 2. The second-order valence-corrected chi connectivity index (χ2v) is 9.75. The van der Waals surface area contributed by atoms with E-state index in [9.17, 15) is 15.0 Å². The Balaban J connectivity index is 2.06. The normalized spacial score (nSPS) is 23.1. The third-order valence-corrected chi connectivity index (χ3v) is 7.53. The van der Waals surface area contributed by atoms with Crippen LogP contribution in [0.15, 0.2) is 102 Å². The maximum absolute atomic E-state index is 17.2. The fraction of sp³-hybridized carbons (Fsp3) is 0.267. The summed E-state index contributed by atoms with van der Waals surface area (Å²) in [5, 5.41) is 21.6. The van der Waals surface area contributed by atoms with E-state index in [2.05, 4.69) is 4.98 Å². The Morgan fingerprint density at radius 2 is 1.50 bits per heavy atom. The molecule has 0 spiro atoms. The van der Waals surface area contributed by atoms with E-state index in [4.69, 9.17) is 15.2 Å². The zero-order valence-electron chi connectivity index (χ0n) is 21.8. The summed E-state index contributed by atoms with van der Waals surface area (Å²) in [5.41, 5.74) is 0.596. The van der Waals surface area contributed by atoms with Gasteiger partial charge in [0.15, 0.2) is 6.10 Å². The number of alkyl halides is 2. The first-order valence-corrected chi connectivity index (χ1v) is 12.6. The van der Waals surface area contributed by atoms with Crippen LogP contribution in [0, 0.1) is 0 Å². The van der Waals surface area contributed by atoms with Crippen molar-refractivity contribution in [3.05, 3.63) is 124 Å². The number of anilines is 1. The number of halogens is 2. The SMILES string of the molecule is COc1ccc(C(c2ccccc2)(c2ccccc2)[C@@]2(n3ccc(N)nc3=O)O[C@H]([C@@H](C)O)[C@@H](O)C2(F)F)cc1. The minimum absolute atomic E-state index is 0.181. The van der Waals surface area contributed by atoms with Crippen LogP contribution >= 0.6 is 0 Å². The largest absolute Gasteiger partial charge is 0.497 e. The maximum Gasteiger partial charge on any atom is 0.352 e. The topological polar surface area (TPSA) is 120 Å². The molecule has 208 valence electrons. The predicted octanol–water partition coefficient (Wildman–Crippen LogP) is 3.30. The first-order valence-electron chi connectivity index (χ1n) is 12.6. The van der Waals surface area contributed by atoms with E-state index in [1.165, 1.54) is 20.1 Å². The van der Waals surface area contributed by atoms with Gasteiger partial charge in [0, 0.05) is 6.20 Å². The molecule has 40 heavy (non-hydrogen) atoms. The molecular formula is C30H29F2N3O5. The Morgan fingerprint density at radius 1 is 0.975 bits per heavy atom. The Labute approximate surface area is 229 Å². The molecular weight excluding hydrogens is 520 g/mol. The first kappa shape index (κ1) is 27.4. The van der Waals surface area contributed by atoms with Gasteiger partial charge in [0.2, 0.25) is 5.72 Å². The average Bonchev–Trinajstić information content (AvgIpc) is 3.17. The van der Waals surface area contributed by atoms with Gasteiger partial charge in [0.25, 0.3) is 0 Å². The fourth-order valence-corrected chi connectivity index (χ4v) is 5.81. The minimum atomic E-state index is -4.18. The molecule has 4 atom stereocenters. The summed E-state index contributed by atoms with van der Waals surface area (Å²) >= 11 is 0. The zero-order valence-corrected chi connectivity index (χ0v) is 21.8. The molecule has 0 saturated carbocycles. The summed E-state index contributed by atoms with van der Waals surface area (Å²) in [6.07, 6.45) is -4.72. The lowest BCUT2D eigenvalue weighted by molar-refractivity contribution is -0.247. The second-order valence-electron chi connectivity index (χ2n) is 9.75. The van der Waals surface area contributed by atoms with Gasteiger partial charge in [-0.2, -0.15) is 13.8 Å². The van der Waals surface area contributed by atoms with Crippen molar-refractivity contribution >= 4 is 5.82 Å². The van der Waals surface area contributed by atoms with Crippen LogP contribution in [0.4, 0.5) is 14.6 Å². The van der Waals surface area contributed by atoms with Crippen LogP contribution in [0.5, 0.6) is 5.75 Å². The highest BCUT2D eigenvalue weighted by molar-refractivity contribution is 5.56. The number of methoxy groups -OCH3 is 1. The van der Waals surface area contributed by atoms with Crippen molar-refractivity contribution in [3.8, 4) is 5.75 Å². The van der Waals surface area contributed by atoms with Crippen molar-refractivity contribution in [2.75, 3.05) is 12.8 Å². The van der Waals surface area contributed by atoms with E-state index in [1.54, 1.807) is 84.9 Å². The van der Waals surface area contributed by atoms with E-state index < -0.39 is 41.1 Å². The number of rotatable bonds is 7. The zero-order chi connectivity index (χ0) is 28.7. The van der Waals surface area contributed by atoms with Crippen LogP contribution in [0.25, 0.3) is 0 Å². The molecule has 1 aliphatic rings. The Bertz CT molecular complexity index is 1490. The second kappa shape index (κ2) is 10.1. The van der Waals surface area contributed by atoms with Crippen LogP contribution < -0.4 is 16.2 Å². The van der Waals surface area contributed by atoms with Gasteiger partial charge in [-0.25, -0.2) is 4.79 Å². The lowest BCUT2D eigenvalue weighted by atomic mass is 9.60. The van der Waals surface area contributed by atoms with E-state index in [-0.39, 0.29) is 5.82 Å². The molecule has 0 unspecified atom stereocenters. The summed E-state index contributed by atoms with van der Waals surface area (Å²) < 4.78 is 46.7. The molecule has 2 heterocycles. The van der Waals surface area contributed by atoms with E-state index in [0.29, 0.717) is 27.0 Å². The molecule has 0 radical (unpaired) electrons. The number of benzene rings is 3. The number of aliphatic hydroxyl groups excluding tert-OH is 2. The number of nitrogens with zero attached hydrogens (tertiary/aromatic N) is 2. The minimum Gasteiger partial charge on any atom is -0.497 e. The summed E-state index contributed by atoms with van der Waals surface area (Å²) in [4.78, 5) is 17.3. The Kier molecular flexibility index (Phi) is 6.95. The highest BCUT2D eigenvalue weighted by atomic mass is 19.3. The third kappa shape index (κ3) is 3.82. The molecule has 8 nitrogen and oxygen atoms in total. The first-order chi connectivity index (χ1) is 19.1. The summed E-state index contributed by atoms with van der Waals surface area (Å²) in [5.74, 6) is -3.89. The summed E-state index contributed by atoms with van der Waals surface area (Å²) in [7, 11) is 1.48. The third-order valence-electron chi connectivity index (χ3n) is 7.53. The molecule has 1 fully saturated rings. The molecule has 1 aromatic heterocycles. The van der Waals surface area contributed by atoms with Crippen LogP contribution in [0.3, 0.4) is 0 Å². The van der Waals surface area contributed by atoms with E-state index >= 15 is 8.78 Å². The molecule has 0 bridgehead atoms. The predicted molar refractivity (Wildman–Crippen MR) is 144 cm³/mol. The van der Waals surface area contributed by atoms with Gasteiger partial charge in [-0.15, -0.1) is 0 Å². The molecule has 0 amide bonds. The van der Waals surface area contributed by atoms with Crippen LogP contribution in [0.1, 0.15) is 23.6 Å². The van der Waals surface area contributed by atoms with Gasteiger partial charge in [-0.1, -0.05) is 72.8 Å². The van der Waals surface area contributed by atoms with E-state index in [1.807, 2.05) is 0 Å². The van der Waals surface area contributed by atoms with Crippen molar-refractivity contribution in [2.24, 2.45) is 0 Å². The van der Waals surface area contributed by atoms with Gasteiger partial charge in [-0.3, -0.25) is 4.57 Å². The molecule has 1 saturated heterocycles. The van der Waals surface area contributed by atoms with Crippen LogP contribution in [0.2, 0.25) is 0 Å². The van der Waals surface area contributed by atoms with Gasteiger partial charge < -0.3 is 25.4 Å². The van der Waals surface area contributed by atoms with Gasteiger partial charge >= 0.3 is 11.6 Å². The Morgan fingerprint density at radius 3 is 1.95 bits per heavy atom. The monoisotopic (exact) mass is 549 g/mol. The molecule has 0 aliphatic carbocycles. The fourth-order valence-electron chi connectivity index (χ4n) is 5.81. The van der Waals surface area contributed by atoms with Crippen molar-refractivity contribution in [3.63, 3.8) is 0 Å². The Hall–Kier alpha value is -4.12. The highest BCUT2D eigenvalue weighted by Gasteiger charge is 2.79. The van der Waals surface area contributed by atoms with Gasteiger partial charge in [0.05, 0.1) is 18.6 Å². The number of ether oxygens (including phenoxy) is 2. The lowest BCUT2D eigenvalue weighted by Crippen LogP contribution is -2.67. The van der Waals surface area contributed by atoms with Crippen LogP contribution in [-0.2, 0) is 15.9 Å². The number of hydrogen-bond acceptors (Lipinski definition) is 7. The van der Waals surface area contributed by atoms with Crippen molar-refractivity contribution < 1.29 is 28.5 Å². The molecule has 4 aromatic rings. The maximum atomic E-state index is 17.2. The van der Waals surface area contributed by atoms with Gasteiger partial charge in [-0.05, 0) is 41.8 Å².